The molecule has 0 unspecified atom stereocenters. The van der Waals surface area contributed by atoms with Crippen molar-refractivity contribution < 1.29 is 29.4 Å². The number of hydroxylamine groups is 1. The molecule has 0 fully saturated rings. The maximum atomic E-state index is 12.6. The molecule has 172 valence electrons. The third-order valence-corrected chi connectivity index (χ3v) is 4.76. The van der Waals surface area contributed by atoms with Crippen LogP contribution < -0.4 is 15.5 Å². The first-order valence-electron chi connectivity index (χ1n) is 10.4. The first-order valence-corrected chi connectivity index (χ1v) is 10.4. The van der Waals surface area contributed by atoms with Crippen LogP contribution >= 0.6 is 0 Å². The molecule has 2 rings (SSSR count). The Balaban J connectivity index is 2.14. The summed E-state index contributed by atoms with van der Waals surface area (Å²) in [4.78, 5) is 23.7. The van der Waals surface area contributed by atoms with Crippen LogP contribution in [0.5, 0.6) is 5.75 Å². The van der Waals surface area contributed by atoms with E-state index in [9.17, 15) is 9.59 Å². The highest BCUT2D eigenvalue weighted by molar-refractivity contribution is 5.86. The second-order valence-corrected chi connectivity index (χ2v) is 7.39. The van der Waals surface area contributed by atoms with Gasteiger partial charge >= 0.3 is 6.09 Å². The number of aliphatic hydroxyl groups is 1. The largest absolute Gasteiger partial charge is 0.491 e. The van der Waals surface area contributed by atoms with Crippen molar-refractivity contribution in [3.63, 3.8) is 0 Å². The molecule has 2 aromatic carbocycles. The summed E-state index contributed by atoms with van der Waals surface area (Å²) < 4.78 is 11.3. The van der Waals surface area contributed by atoms with Crippen LogP contribution in [0, 0.1) is 12.8 Å². The Kier molecular flexibility index (Phi) is 10.2. The molecule has 0 spiro atoms. The lowest BCUT2D eigenvalue weighted by atomic mass is 9.93. The van der Waals surface area contributed by atoms with Crippen LogP contribution in [0.2, 0.25) is 0 Å². The van der Waals surface area contributed by atoms with Crippen molar-refractivity contribution in [1.82, 2.24) is 5.48 Å². The number of ether oxygens (including phenoxy) is 2. The van der Waals surface area contributed by atoms with E-state index in [4.69, 9.17) is 19.8 Å². The van der Waals surface area contributed by atoms with E-state index >= 15 is 0 Å². The number of anilines is 1. The number of rotatable bonds is 11. The van der Waals surface area contributed by atoms with Gasteiger partial charge in [0.05, 0.1) is 6.61 Å². The summed E-state index contributed by atoms with van der Waals surface area (Å²) in [5, 5.41) is 20.3. The van der Waals surface area contributed by atoms with E-state index in [1.165, 1.54) is 6.08 Å². The van der Waals surface area contributed by atoms with Crippen molar-refractivity contribution in [2.45, 2.75) is 32.8 Å². The molecule has 0 bridgehead atoms. The Morgan fingerprint density at radius 3 is 2.59 bits per heavy atom. The van der Waals surface area contributed by atoms with Gasteiger partial charge in [0.1, 0.15) is 18.5 Å². The van der Waals surface area contributed by atoms with Gasteiger partial charge in [0.15, 0.2) is 0 Å². The molecule has 4 N–H and O–H groups in total. The molecule has 0 saturated carbocycles. The Morgan fingerprint density at radius 2 is 1.91 bits per heavy atom. The van der Waals surface area contributed by atoms with Gasteiger partial charge < -0.3 is 14.6 Å². The van der Waals surface area contributed by atoms with E-state index in [1.54, 1.807) is 41.9 Å². The number of aliphatic hydroxyl groups excluding tert-OH is 1. The minimum absolute atomic E-state index is 0.0892. The van der Waals surface area contributed by atoms with Gasteiger partial charge in [-0.3, -0.25) is 15.3 Å². The smallest absolute Gasteiger partial charge is 0.412 e. The molecule has 0 aliphatic rings. The van der Waals surface area contributed by atoms with Gasteiger partial charge in [-0.05, 0) is 55.5 Å². The molecular weight excluding hydrogens is 412 g/mol. The van der Waals surface area contributed by atoms with Gasteiger partial charge in [-0.15, -0.1) is 0 Å². The molecule has 0 radical (unpaired) electrons. The summed E-state index contributed by atoms with van der Waals surface area (Å²) in [5.74, 6) is -0.124. The van der Waals surface area contributed by atoms with Gasteiger partial charge in [-0.2, -0.15) is 0 Å². The lowest BCUT2D eigenvalue weighted by Gasteiger charge is -2.25. The molecule has 0 heterocycles. The van der Waals surface area contributed by atoms with Gasteiger partial charge in [-0.1, -0.05) is 42.8 Å². The summed E-state index contributed by atoms with van der Waals surface area (Å²) in [6.45, 7) is 3.97. The van der Waals surface area contributed by atoms with Gasteiger partial charge in [0.25, 0.3) is 5.91 Å². The van der Waals surface area contributed by atoms with Gasteiger partial charge in [0.2, 0.25) is 0 Å². The van der Waals surface area contributed by atoms with Crippen molar-refractivity contribution in [3.05, 3.63) is 71.8 Å². The molecule has 0 aliphatic carbocycles. The van der Waals surface area contributed by atoms with Crippen LogP contribution in [-0.2, 0) is 9.53 Å². The van der Waals surface area contributed by atoms with E-state index in [1.807, 2.05) is 32.0 Å². The van der Waals surface area contributed by atoms with Gasteiger partial charge in [0, 0.05) is 11.8 Å². The molecule has 0 saturated heterocycles. The van der Waals surface area contributed by atoms with E-state index in [0.717, 1.165) is 11.1 Å². The third kappa shape index (κ3) is 8.41. The first kappa shape index (κ1) is 24.9. The summed E-state index contributed by atoms with van der Waals surface area (Å²) in [5.41, 5.74) is 4.01. The molecule has 32 heavy (non-hydrogen) atoms. The highest BCUT2D eigenvalue weighted by atomic mass is 16.6. The van der Waals surface area contributed by atoms with Gasteiger partial charge in [-0.25, -0.2) is 10.3 Å². The number of hydrogen-bond acceptors (Lipinski definition) is 6. The Morgan fingerprint density at radius 1 is 1.16 bits per heavy atom. The van der Waals surface area contributed by atoms with E-state index in [-0.39, 0.29) is 19.1 Å². The third-order valence-electron chi connectivity index (χ3n) is 4.76. The Bertz CT molecular complexity index is 898. The first-order chi connectivity index (χ1) is 15.4. The van der Waals surface area contributed by atoms with Crippen LogP contribution in [0.15, 0.2) is 60.7 Å². The normalized spacial score (nSPS) is 12.8. The maximum absolute atomic E-state index is 12.6. The molecular formula is C24H30N2O6. The molecule has 8 heteroatoms. The molecule has 8 nitrogen and oxygen atoms in total. The predicted molar refractivity (Wildman–Crippen MR) is 121 cm³/mol. The van der Waals surface area contributed by atoms with Crippen molar-refractivity contribution in [2.24, 2.45) is 5.92 Å². The number of nitrogens with one attached hydrogen (secondary N) is 2. The van der Waals surface area contributed by atoms with E-state index in [0.29, 0.717) is 24.3 Å². The highest BCUT2D eigenvalue weighted by Gasteiger charge is 2.24. The Hall–Kier alpha value is -3.36. The van der Waals surface area contributed by atoms with E-state index in [2.05, 4.69) is 5.32 Å². The number of benzene rings is 2. The zero-order valence-electron chi connectivity index (χ0n) is 18.3. The van der Waals surface area contributed by atoms with Crippen LogP contribution in [0.25, 0.3) is 0 Å². The summed E-state index contributed by atoms with van der Waals surface area (Å²) >= 11 is 0. The zero-order chi connectivity index (χ0) is 23.3. The quantitative estimate of drug-likeness (QED) is 0.236. The monoisotopic (exact) mass is 442 g/mol. The summed E-state index contributed by atoms with van der Waals surface area (Å²) in [6.07, 6.45) is 2.91. The standard InChI is InChI=1S/C24H30N2O6/c1-17-10-12-20(13-11-17)25-24(29)32-23(18(2)6-3-4-9-22(28)26-30)19-7-5-8-21(16-19)31-15-14-27/h4-5,7-13,16,18,23,27,30H,3,6,14-15H2,1-2H3,(H,25,29)(H,26,28)/b9-4+/t18-,23-/m0/s1. The number of carbonyl (C=O) groups excluding carboxylic acids is 2. The SMILES string of the molecule is Cc1ccc(NC(=O)O[C@H](c2cccc(OCCO)c2)[C@@H](C)CC/C=C/C(=O)NO)cc1. The zero-order valence-corrected chi connectivity index (χ0v) is 18.3. The lowest BCUT2D eigenvalue weighted by molar-refractivity contribution is -0.124. The topological polar surface area (TPSA) is 117 Å². The molecule has 0 aromatic heterocycles. The highest BCUT2D eigenvalue weighted by Crippen LogP contribution is 2.32. The fourth-order valence-electron chi connectivity index (χ4n) is 3.10. The molecule has 2 atom stereocenters. The summed E-state index contributed by atoms with van der Waals surface area (Å²) in [6, 6.07) is 14.6. The second-order valence-electron chi connectivity index (χ2n) is 7.39. The number of hydrogen-bond donors (Lipinski definition) is 4. The minimum atomic E-state index is -0.600. The average molecular weight is 443 g/mol. The minimum Gasteiger partial charge on any atom is -0.491 e. The second kappa shape index (κ2) is 13.1. The van der Waals surface area contributed by atoms with E-state index < -0.39 is 18.1 Å². The molecule has 2 aromatic rings. The number of amides is 2. The number of aryl methyl sites for hydroxylation is 1. The van der Waals surface area contributed by atoms with Crippen molar-refractivity contribution in [2.75, 3.05) is 18.5 Å². The van der Waals surface area contributed by atoms with Crippen LogP contribution in [0.3, 0.4) is 0 Å². The summed E-state index contributed by atoms with van der Waals surface area (Å²) in [7, 11) is 0. The van der Waals surface area contributed by atoms with Crippen molar-refractivity contribution in [3.8, 4) is 5.75 Å². The molecule has 2 amide bonds. The number of allylic oxidation sites excluding steroid dienone is 1. The fraction of sp³-hybridized carbons (Fsp3) is 0.333. The lowest BCUT2D eigenvalue weighted by Crippen LogP contribution is -2.22. The van der Waals surface area contributed by atoms with Crippen molar-refractivity contribution in [1.29, 1.82) is 0 Å². The van der Waals surface area contributed by atoms with Crippen LogP contribution in [0.1, 0.15) is 37.0 Å². The molecule has 0 aliphatic heterocycles. The fourth-order valence-corrected chi connectivity index (χ4v) is 3.10. The predicted octanol–water partition coefficient (Wildman–Crippen LogP) is 4.13. The average Bonchev–Trinajstić information content (AvgIpc) is 2.80. The maximum Gasteiger partial charge on any atom is 0.412 e. The number of carbonyl (C=O) groups is 2. The van der Waals surface area contributed by atoms with Crippen LogP contribution in [-0.4, -0.2) is 35.5 Å². The van der Waals surface area contributed by atoms with Crippen molar-refractivity contribution >= 4 is 17.7 Å². The van der Waals surface area contributed by atoms with Crippen LogP contribution in [0.4, 0.5) is 10.5 Å². The Labute approximate surface area is 187 Å².